The van der Waals surface area contributed by atoms with Crippen LogP contribution in [-0.4, -0.2) is 59.7 Å². The van der Waals surface area contributed by atoms with Crippen LogP contribution in [0.5, 0.6) is 0 Å². The average molecular weight is 283 g/mol. The second-order valence-electron chi connectivity index (χ2n) is 2.76. The zero-order chi connectivity index (χ0) is 12.4. The smallest absolute Gasteiger partial charge is 0.273 e. The quantitative estimate of drug-likeness (QED) is 0.304. The van der Waals surface area contributed by atoms with Gasteiger partial charge in [-0.3, -0.25) is 4.79 Å². The molecule has 0 saturated heterocycles. The lowest BCUT2D eigenvalue weighted by atomic mass is 10.0. The van der Waals surface area contributed by atoms with Gasteiger partial charge in [-0.15, -0.1) is 0 Å². The van der Waals surface area contributed by atoms with Crippen molar-refractivity contribution in [3.8, 4) is 0 Å². The van der Waals surface area contributed by atoms with Gasteiger partial charge in [0.25, 0.3) is 10.3 Å². The molecule has 0 spiro atoms. The molecule has 0 radical (unpaired) electrons. The van der Waals surface area contributed by atoms with E-state index in [1.165, 1.54) is 0 Å². The van der Waals surface area contributed by atoms with Gasteiger partial charge < -0.3 is 25.5 Å². The molecule has 0 amide bonds. The number of aliphatic hydroxyl groups excluding tert-OH is 3. The third-order valence-corrected chi connectivity index (χ3v) is 3.09. The Kier molecular flexibility index (Phi) is 5.23. The summed E-state index contributed by atoms with van der Waals surface area (Å²) in [7, 11) is 0. The van der Waals surface area contributed by atoms with Crippen molar-refractivity contribution in [2.75, 3.05) is 6.61 Å². The fourth-order valence-corrected chi connectivity index (χ4v) is 1.22. The van der Waals surface area contributed by atoms with Gasteiger partial charge in [-0.25, -0.2) is 0 Å². The van der Waals surface area contributed by atoms with Gasteiger partial charge in [0.2, 0.25) is 5.06 Å². The summed E-state index contributed by atoms with van der Waals surface area (Å²) in [6.45, 7) is -0.973. The molecular formula is C6H9Cl3O6. The van der Waals surface area contributed by atoms with E-state index in [9.17, 15) is 20.1 Å². The summed E-state index contributed by atoms with van der Waals surface area (Å²) in [5, 5.41) is 37.1. The molecule has 0 aliphatic carbocycles. The minimum atomic E-state index is -3.20. The van der Waals surface area contributed by atoms with Gasteiger partial charge in [0.15, 0.2) is 0 Å². The summed E-state index contributed by atoms with van der Waals surface area (Å²) >= 11 is 15.1. The van der Waals surface area contributed by atoms with Crippen LogP contribution in [0, 0.1) is 0 Å². The van der Waals surface area contributed by atoms with Gasteiger partial charge in [0.1, 0.15) is 12.2 Å². The van der Waals surface area contributed by atoms with Crippen LogP contribution < -0.4 is 0 Å². The van der Waals surface area contributed by atoms with Gasteiger partial charge in [-0.1, -0.05) is 23.2 Å². The van der Waals surface area contributed by atoms with Crippen molar-refractivity contribution >= 4 is 40.0 Å². The predicted octanol–water partition coefficient (Wildman–Crippen LogP) is -1.68. The van der Waals surface area contributed by atoms with Crippen LogP contribution in [-0.2, 0) is 4.79 Å². The molecule has 0 aliphatic rings. The minimum absolute atomic E-state index is 0.973. The fraction of sp³-hybridized carbons (Fsp3) is 0.833. The minimum Gasteiger partial charge on any atom is -0.394 e. The highest BCUT2D eigenvalue weighted by atomic mass is 35.5. The van der Waals surface area contributed by atoms with E-state index in [2.05, 4.69) is 0 Å². The van der Waals surface area contributed by atoms with E-state index in [0.29, 0.717) is 0 Å². The molecule has 9 heteroatoms. The largest absolute Gasteiger partial charge is 0.394 e. The van der Waals surface area contributed by atoms with E-state index in [0.717, 1.165) is 0 Å². The summed E-state index contributed by atoms with van der Waals surface area (Å²) in [5.74, 6) is 0. The lowest BCUT2D eigenvalue weighted by molar-refractivity contribution is -0.162. The van der Waals surface area contributed by atoms with E-state index in [-0.39, 0.29) is 0 Å². The molecule has 4 atom stereocenters. The van der Waals surface area contributed by atoms with Gasteiger partial charge in [-0.05, 0) is 11.6 Å². The first kappa shape index (κ1) is 15.3. The molecule has 90 valence electrons. The van der Waals surface area contributed by atoms with Crippen molar-refractivity contribution in [2.45, 2.75) is 22.3 Å². The molecule has 6 nitrogen and oxygen atoms in total. The Morgan fingerprint density at radius 3 is 1.93 bits per heavy atom. The highest BCUT2D eigenvalue weighted by Gasteiger charge is 2.58. The van der Waals surface area contributed by atoms with Crippen molar-refractivity contribution in [1.29, 1.82) is 0 Å². The van der Waals surface area contributed by atoms with Crippen LogP contribution in [0.15, 0.2) is 0 Å². The van der Waals surface area contributed by atoms with Gasteiger partial charge >= 0.3 is 0 Å². The maximum absolute atomic E-state index is 10.6. The van der Waals surface area contributed by atoms with Crippen molar-refractivity contribution in [1.82, 2.24) is 0 Å². The van der Waals surface area contributed by atoms with E-state index in [1.54, 1.807) is 0 Å². The number of halogens is 3. The molecule has 0 aromatic carbocycles. The van der Waals surface area contributed by atoms with Crippen molar-refractivity contribution < 1.29 is 30.3 Å². The lowest BCUT2D eigenvalue weighted by Crippen LogP contribution is -2.61. The van der Waals surface area contributed by atoms with Crippen LogP contribution >= 0.6 is 34.8 Å². The zero-order valence-electron chi connectivity index (χ0n) is 7.14. The van der Waals surface area contributed by atoms with Crippen molar-refractivity contribution in [2.24, 2.45) is 0 Å². The number of carbonyl (C=O) groups excluding carboxylic acids is 1. The first-order chi connectivity index (χ1) is 6.59. The number of carbonyl (C=O) groups is 1. The SMILES string of the molecule is O=C(Cl)[C@@](O)(Cl)[C@](O)(Cl)[C@@H](O)[C@H](O)CO. The predicted molar refractivity (Wildman–Crippen MR) is 51.6 cm³/mol. The number of hydrogen-bond acceptors (Lipinski definition) is 6. The molecular weight excluding hydrogens is 274 g/mol. The Labute approximate surface area is 99.6 Å². The number of aliphatic hydroxyl groups is 5. The van der Waals surface area contributed by atoms with E-state index >= 15 is 0 Å². The normalized spacial score (nSPS) is 23.7. The zero-order valence-corrected chi connectivity index (χ0v) is 9.41. The van der Waals surface area contributed by atoms with Crippen LogP contribution in [0.1, 0.15) is 0 Å². The molecule has 0 rings (SSSR count). The molecule has 0 fully saturated rings. The standard InChI is InChI=1S/C6H9Cl3O6/c7-4(13)6(9,15)5(8,14)3(12)2(11)1-10/h2-3,10-12,14-15H,1H2/t2-,3+,5+,6+/m1/s1. The highest BCUT2D eigenvalue weighted by Crippen LogP contribution is 2.36. The Bertz CT molecular complexity index is 243. The van der Waals surface area contributed by atoms with E-state index < -0.39 is 34.2 Å². The van der Waals surface area contributed by atoms with Gasteiger partial charge in [-0.2, -0.15) is 0 Å². The Morgan fingerprint density at radius 1 is 1.27 bits per heavy atom. The summed E-state index contributed by atoms with van der Waals surface area (Å²) in [6.07, 6.45) is -4.19. The first-order valence-electron chi connectivity index (χ1n) is 3.58. The lowest BCUT2D eigenvalue weighted by Gasteiger charge is -2.36. The van der Waals surface area contributed by atoms with Crippen LogP contribution in [0.4, 0.5) is 0 Å². The monoisotopic (exact) mass is 282 g/mol. The summed E-state index contributed by atoms with van der Waals surface area (Å²) in [5.41, 5.74) is 0. The molecule has 5 N–H and O–H groups in total. The number of rotatable bonds is 5. The molecule has 0 bridgehead atoms. The molecule has 0 aliphatic heterocycles. The molecule has 0 heterocycles. The Morgan fingerprint density at radius 2 is 1.67 bits per heavy atom. The molecule has 0 unspecified atom stereocenters. The first-order valence-corrected chi connectivity index (χ1v) is 4.72. The molecule has 0 aromatic rings. The van der Waals surface area contributed by atoms with Crippen LogP contribution in [0.3, 0.4) is 0 Å². The third-order valence-electron chi connectivity index (χ3n) is 1.67. The molecule has 0 aromatic heterocycles. The highest BCUT2D eigenvalue weighted by molar-refractivity contribution is 6.71. The van der Waals surface area contributed by atoms with Crippen LogP contribution in [0.25, 0.3) is 0 Å². The Balaban J connectivity index is 5.04. The second kappa shape index (κ2) is 5.11. The summed E-state index contributed by atoms with van der Waals surface area (Å²) < 4.78 is 0. The Hall–Kier alpha value is 0.340. The van der Waals surface area contributed by atoms with E-state index in [1.807, 2.05) is 0 Å². The summed E-state index contributed by atoms with van der Waals surface area (Å²) in [6, 6.07) is 0. The number of hydrogen-bond donors (Lipinski definition) is 5. The van der Waals surface area contributed by atoms with Crippen molar-refractivity contribution in [3.05, 3.63) is 0 Å². The topological polar surface area (TPSA) is 118 Å². The molecule has 0 saturated carbocycles. The average Bonchev–Trinajstić information content (AvgIpc) is 2.14. The molecule has 15 heavy (non-hydrogen) atoms. The maximum Gasteiger partial charge on any atom is 0.273 e. The third kappa shape index (κ3) is 2.92. The van der Waals surface area contributed by atoms with Crippen molar-refractivity contribution in [3.63, 3.8) is 0 Å². The van der Waals surface area contributed by atoms with Crippen LogP contribution in [0.2, 0.25) is 0 Å². The van der Waals surface area contributed by atoms with Gasteiger partial charge in [0.05, 0.1) is 6.61 Å². The maximum atomic E-state index is 10.6. The number of alkyl halides is 2. The van der Waals surface area contributed by atoms with Gasteiger partial charge in [0, 0.05) is 0 Å². The summed E-state index contributed by atoms with van der Waals surface area (Å²) in [4.78, 5) is 10.6. The van der Waals surface area contributed by atoms with E-state index in [4.69, 9.17) is 45.0 Å². The fourth-order valence-electron chi connectivity index (χ4n) is 0.689. The second-order valence-corrected chi connectivity index (χ2v) is 4.23.